The molecule has 6 heteroatoms. The molecule has 1 amide bonds. The number of nitrogens with one attached hydrogen (secondary N) is 1. The molecule has 1 atom stereocenters. The molecule has 1 saturated heterocycles. The van der Waals surface area contributed by atoms with Gasteiger partial charge in [0.25, 0.3) is 5.91 Å². The summed E-state index contributed by atoms with van der Waals surface area (Å²) >= 11 is 0. The number of pyridine rings is 2. The summed E-state index contributed by atoms with van der Waals surface area (Å²) in [6.07, 6.45) is 4.42. The normalized spacial score (nSPS) is 17.6. The first-order valence-corrected chi connectivity index (χ1v) is 8.28. The molecule has 0 aromatic carbocycles. The third-order valence-corrected chi connectivity index (χ3v) is 3.97. The van der Waals surface area contributed by atoms with E-state index in [1.807, 2.05) is 31.3 Å². The van der Waals surface area contributed by atoms with Crippen LogP contribution in [0.1, 0.15) is 29.4 Å². The minimum absolute atomic E-state index is 0.0387. The van der Waals surface area contributed by atoms with E-state index in [0.29, 0.717) is 18.0 Å². The number of aromatic nitrogens is 2. The van der Waals surface area contributed by atoms with Crippen LogP contribution in [-0.2, 0) is 6.54 Å². The lowest BCUT2D eigenvalue weighted by Crippen LogP contribution is -2.27. The van der Waals surface area contributed by atoms with Crippen LogP contribution >= 0.6 is 0 Å². The average Bonchev–Trinajstić information content (AvgIpc) is 3.03. The largest absolute Gasteiger partial charge is 0.472 e. The number of likely N-dealkylation sites (tertiary alicyclic amines) is 1. The number of hydrogen-bond donors (Lipinski definition) is 1. The van der Waals surface area contributed by atoms with Gasteiger partial charge in [0.1, 0.15) is 11.7 Å². The maximum Gasteiger partial charge on any atom is 0.256 e. The van der Waals surface area contributed by atoms with Gasteiger partial charge < -0.3 is 10.1 Å². The van der Waals surface area contributed by atoms with Gasteiger partial charge in [-0.15, -0.1) is 0 Å². The zero-order valence-electron chi connectivity index (χ0n) is 13.8. The summed E-state index contributed by atoms with van der Waals surface area (Å²) in [6.45, 7) is 5.04. The SMILES string of the molecule is CCNC(=O)c1cccnc1OC1CCN(Cc2ccccn2)C1. The molecule has 0 radical (unpaired) electrons. The Labute approximate surface area is 141 Å². The van der Waals surface area contributed by atoms with Gasteiger partial charge in [-0.25, -0.2) is 4.98 Å². The van der Waals surface area contributed by atoms with Gasteiger partial charge >= 0.3 is 0 Å². The number of carbonyl (C=O) groups excluding carboxylic acids is 1. The van der Waals surface area contributed by atoms with Crippen molar-refractivity contribution in [3.63, 3.8) is 0 Å². The molecule has 0 saturated carbocycles. The Morgan fingerprint density at radius 2 is 2.17 bits per heavy atom. The van der Waals surface area contributed by atoms with Crippen molar-refractivity contribution in [2.75, 3.05) is 19.6 Å². The van der Waals surface area contributed by atoms with Crippen molar-refractivity contribution in [3.05, 3.63) is 54.0 Å². The third-order valence-electron chi connectivity index (χ3n) is 3.97. The summed E-state index contributed by atoms with van der Waals surface area (Å²) < 4.78 is 6.01. The van der Waals surface area contributed by atoms with Gasteiger partial charge in [-0.05, 0) is 37.6 Å². The van der Waals surface area contributed by atoms with Crippen LogP contribution in [0.4, 0.5) is 0 Å². The number of carbonyl (C=O) groups is 1. The second kappa shape index (κ2) is 7.88. The first-order chi connectivity index (χ1) is 11.8. The lowest BCUT2D eigenvalue weighted by molar-refractivity contribution is 0.0947. The van der Waals surface area contributed by atoms with Crippen molar-refractivity contribution in [1.82, 2.24) is 20.2 Å². The lowest BCUT2D eigenvalue weighted by atomic mass is 10.2. The molecule has 3 heterocycles. The first kappa shape index (κ1) is 16.4. The maximum atomic E-state index is 12.1. The monoisotopic (exact) mass is 326 g/mol. The summed E-state index contributed by atoms with van der Waals surface area (Å²) in [5.41, 5.74) is 1.54. The molecule has 0 spiro atoms. The molecule has 126 valence electrons. The van der Waals surface area contributed by atoms with E-state index in [1.165, 1.54) is 0 Å². The van der Waals surface area contributed by atoms with Crippen LogP contribution in [0.2, 0.25) is 0 Å². The lowest BCUT2D eigenvalue weighted by Gasteiger charge is -2.17. The van der Waals surface area contributed by atoms with E-state index in [2.05, 4.69) is 20.2 Å². The molecule has 1 N–H and O–H groups in total. The highest BCUT2D eigenvalue weighted by Crippen LogP contribution is 2.21. The summed E-state index contributed by atoms with van der Waals surface area (Å²) in [4.78, 5) is 23.0. The molecule has 0 aliphatic carbocycles. The summed E-state index contributed by atoms with van der Waals surface area (Å²) in [5.74, 6) is 0.261. The van der Waals surface area contributed by atoms with Gasteiger partial charge in [-0.2, -0.15) is 0 Å². The molecule has 24 heavy (non-hydrogen) atoms. The predicted octanol–water partition coefficient (Wildman–Crippen LogP) is 1.88. The van der Waals surface area contributed by atoms with Crippen molar-refractivity contribution < 1.29 is 9.53 Å². The van der Waals surface area contributed by atoms with Gasteiger partial charge in [-0.3, -0.25) is 14.7 Å². The van der Waals surface area contributed by atoms with Gasteiger partial charge in [0.2, 0.25) is 5.88 Å². The zero-order valence-corrected chi connectivity index (χ0v) is 13.8. The number of nitrogens with zero attached hydrogens (tertiary/aromatic N) is 3. The first-order valence-electron chi connectivity index (χ1n) is 8.28. The second-order valence-electron chi connectivity index (χ2n) is 5.80. The van der Waals surface area contributed by atoms with Gasteiger partial charge in [-0.1, -0.05) is 6.07 Å². The van der Waals surface area contributed by atoms with Crippen LogP contribution in [0.15, 0.2) is 42.7 Å². The predicted molar refractivity (Wildman–Crippen MR) is 90.8 cm³/mol. The van der Waals surface area contributed by atoms with Crippen LogP contribution < -0.4 is 10.1 Å². The van der Waals surface area contributed by atoms with E-state index in [1.54, 1.807) is 18.3 Å². The van der Waals surface area contributed by atoms with Crippen molar-refractivity contribution in [2.45, 2.75) is 26.0 Å². The van der Waals surface area contributed by atoms with E-state index in [4.69, 9.17) is 4.74 Å². The van der Waals surface area contributed by atoms with Crippen LogP contribution in [0, 0.1) is 0 Å². The zero-order chi connectivity index (χ0) is 16.8. The maximum absolute atomic E-state index is 12.1. The minimum atomic E-state index is -0.149. The fraction of sp³-hybridized carbons (Fsp3) is 0.389. The van der Waals surface area contributed by atoms with Crippen molar-refractivity contribution in [3.8, 4) is 5.88 Å². The number of hydrogen-bond acceptors (Lipinski definition) is 5. The Morgan fingerprint density at radius 3 is 2.96 bits per heavy atom. The Kier molecular flexibility index (Phi) is 5.38. The Balaban J connectivity index is 1.61. The summed E-state index contributed by atoms with van der Waals surface area (Å²) in [5, 5.41) is 2.79. The highest BCUT2D eigenvalue weighted by Gasteiger charge is 2.26. The summed E-state index contributed by atoms with van der Waals surface area (Å²) in [7, 11) is 0. The highest BCUT2D eigenvalue weighted by atomic mass is 16.5. The minimum Gasteiger partial charge on any atom is -0.472 e. The van der Waals surface area contributed by atoms with Crippen molar-refractivity contribution in [1.29, 1.82) is 0 Å². The van der Waals surface area contributed by atoms with Crippen LogP contribution in [0.5, 0.6) is 5.88 Å². The number of amides is 1. The molecule has 6 nitrogen and oxygen atoms in total. The van der Waals surface area contributed by atoms with Crippen LogP contribution in [-0.4, -0.2) is 46.5 Å². The fourth-order valence-electron chi connectivity index (χ4n) is 2.83. The van der Waals surface area contributed by atoms with Crippen LogP contribution in [0.3, 0.4) is 0 Å². The number of ether oxygens (including phenoxy) is 1. The van der Waals surface area contributed by atoms with Gasteiger partial charge in [0, 0.05) is 38.6 Å². The van der Waals surface area contributed by atoms with Gasteiger partial charge in [0.05, 0.1) is 5.69 Å². The van der Waals surface area contributed by atoms with E-state index < -0.39 is 0 Å². The molecule has 2 aromatic heterocycles. The molecular formula is C18H22N4O2. The van der Waals surface area contributed by atoms with E-state index in [9.17, 15) is 4.79 Å². The Bertz CT molecular complexity index is 678. The summed E-state index contributed by atoms with van der Waals surface area (Å²) in [6, 6.07) is 9.44. The fourth-order valence-corrected chi connectivity index (χ4v) is 2.83. The van der Waals surface area contributed by atoms with Crippen molar-refractivity contribution in [2.24, 2.45) is 0 Å². The van der Waals surface area contributed by atoms with E-state index in [-0.39, 0.29) is 12.0 Å². The van der Waals surface area contributed by atoms with Crippen molar-refractivity contribution >= 4 is 5.91 Å². The quantitative estimate of drug-likeness (QED) is 0.878. The van der Waals surface area contributed by atoms with E-state index >= 15 is 0 Å². The Hall–Kier alpha value is -2.47. The smallest absolute Gasteiger partial charge is 0.256 e. The molecule has 2 aromatic rings. The molecule has 1 aliphatic rings. The van der Waals surface area contributed by atoms with Crippen LogP contribution in [0.25, 0.3) is 0 Å². The Morgan fingerprint density at radius 1 is 1.29 bits per heavy atom. The average molecular weight is 326 g/mol. The molecule has 3 rings (SSSR count). The highest BCUT2D eigenvalue weighted by molar-refractivity contribution is 5.96. The number of rotatable bonds is 6. The molecular weight excluding hydrogens is 304 g/mol. The standard InChI is InChI=1S/C18H22N4O2/c1-2-19-17(23)16-7-5-10-21-18(16)24-15-8-11-22(13-15)12-14-6-3-4-9-20-14/h3-7,9-10,15H,2,8,11-13H2,1H3,(H,19,23). The molecule has 0 bridgehead atoms. The third kappa shape index (κ3) is 4.08. The molecule has 1 fully saturated rings. The topological polar surface area (TPSA) is 67.3 Å². The second-order valence-corrected chi connectivity index (χ2v) is 5.80. The van der Waals surface area contributed by atoms with Gasteiger partial charge in [0.15, 0.2) is 0 Å². The molecule has 1 unspecified atom stereocenters. The van der Waals surface area contributed by atoms with E-state index in [0.717, 1.165) is 31.7 Å². The molecule has 1 aliphatic heterocycles.